The van der Waals surface area contributed by atoms with Crippen LogP contribution in [0.15, 0.2) is 24.3 Å². The van der Waals surface area contributed by atoms with Gasteiger partial charge in [-0.15, -0.1) is 12.4 Å². The molecule has 0 aliphatic carbocycles. The molecule has 2 aliphatic rings. The zero-order valence-electron chi connectivity index (χ0n) is 15.1. The summed E-state index contributed by atoms with van der Waals surface area (Å²) in [6.07, 6.45) is 5.11. The van der Waals surface area contributed by atoms with Crippen LogP contribution in [0.25, 0.3) is 0 Å². The fraction of sp³-hybridized carbons (Fsp3) is 0.579. The number of nitrogens with zero attached hydrogens (tertiary/aromatic N) is 2. The van der Waals surface area contributed by atoms with Gasteiger partial charge in [0.1, 0.15) is 6.04 Å². The fourth-order valence-corrected chi connectivity index (χ4v) is 4.09. The predicted octanol–water partition coefficient (Wildman–Crippen LogP) is 3.03. The van der Waals surface area contributed by atoms with Gasteiger partial charge >= 0.3 is 0 Å². The minimum absolute atomic E-state index is 0. The Morgan fingerprint density at radius 3 is 2.35 bits per heavy atom. The third kappa shape index (κ3) is 4.51. The fourth-order valence-electron chi connectivity index (χ4n) is 3.96. The van der Waals surface area contributed by atoms with Crippen LogP contribution in [0, 0.1) is 0 Å². The Balaban J connectivity index is 0.00000243. The van der Waals surface area contributed by atoms with Crippen molar-refractivity contribution in [2.75, 3.05) is 26.7 Å². The number of carbonyl (C=O) groups is 2. The van der Waals surface area contributed by atoms with Crippen LogP contribution in [-0.2, 0) is 9.59 Å². The molecule has 26 heavy (non-hydrogen) atoms. The molecule has 144 valence electrons. The number of rotatable bonds is 4. The van der Waals surface area contributed by atoms with Crippen LogP contribution in [0.4, 0.5) is 0 Å². The van der Waals surface area contributed by atoms with E-state index in [1.165, 1.54) is 6.42 Å². The average molecular weight is 400 g/mol. The van der Waals surface area contributed by atoms with Crippen LogP contribution in [0.3, 0.4) is 0 Å². The van der Waals surface area contributed by atoms with Crippen LogP contribution in [0.5, 0.6) is 0 Å². The van der Waals surface area contributed by atoms with Gasteiger partial charge in [0.15, 0.2) is 0 Å². The molecular formula is C19H27Cl2N3O2. The van der Waals surface area contributed by atoms with Gasteiger partial charge in [-0.25, -0.2) is 0 Å². The summed E-state index contributed by atoms with van der Waals surface area (Å²) >= 11 is 6.00. The summed E-state index contributed by atoms with van der Waals surface area (Å²) in [5, 5.41) is 3.40. The lowest BCUT2D eigenvalue weighted by atomic mass is 10.0. The van der Waals surface area contributed by atoms with Crippen molar-refractivity contribution in [3.05, 3.63) is 34.9 Å². The number of carbonyl (C=O) groups excluding carboxylic acids is 2. The average Bonchev–Trinajstić information content (AvgIpc) is 3.12. The van der Waals surface area contributed by atoms with E-state index in [4.69, 9.17) is 11.6 Å². The van der Waals surface area contributed by atoms with E-state index in [-0.39, 0.29) is 30.3 Å². The van der Waals surface area contributed by atoms with Gasteiger partial charge in [0.25, 0.3) is 0 Å². The highest BCUT2D eigenvalue weighted by Crippen LogP contribution is 2.32. The lowest BCUT2D eigenvalue weighted by Gasteiger charge is -2.35. The molecular weight excluding hydrogens is 373 g/mol. The molecule has 2 heterocycles. The number of piperidine rings is 1. The molecule has 0 spiro atoms. The molecule has 2 fully saturated rings. The van der Waals surface area contributed by atoms with Crippen LogP contribution < -0.4 is 5.32 Å². The number of hydrogen-bond donors (Lipinski definition) is 1. The lowest BCUT2D eigenvalue weighted by Crippen LogP contribution is -2.50. The second-order valence-corrected chi connectivity index (χ2v) is 7.29. The Morgan fingerprint density at radius 2 is 1.73 bits per heavy atom. The van der Waals surface area contributed by atoms with E-state index in [0.717, 1.165) is 50.9 Å². The maximum atomic E-state index is 13.0. The van der Waals surface area contributed by atoms with E-state index in [9.17, 15) is 9.59 Å². The smallest absolute Gasteiger partial charge is 0.241 e. The minimum atomic E-state index is -0.455. The molecule has 1 aromatic rings. The van der Waals surface area contributed by atoms with Crippen LogP contribution in [0.2, 0.25) is 5.02 Å². The van der Waals surface area contributed by atoms with Crippen LogP contribution in [0.1, 0.15) is 43.7 Å². The van der Waals surface area contributed by atoms with Crippen molar-refractivity contribution >= 4 is 35.8 Å². The maximum Gasteiger partial charge on any atom is 0.241 e. The normalized spacial score (nSPS) is 21.8. The van der Waals surface area contributed by atoms with Gasteiger partial charge in [-0.3, -0.25) is 14.5 Å². The molecule has 1 aromatic carbocycles. The van der Waals surface area contributed by atoms with Gasteiger partial charge in [-0.1, -0.05) is 23.7 Å². The molecule has 0 aromatic heterocycles. The van der Waals surface area contributed by atoms with Crippen molar-refractivity contribution in [1.29, 1.82) is 0 Å². The minimum Gasteiger partial charge on any atom is -0.358 e. The number of likely N-dealkylation sites (tertiary alicyclic amines) is 2. The highest BCUT2D eigenvalue weighted by atomic mass is 35.5. The Labute approximate surface area is 166 Å². The second kappa shape index (κ2) is 9.58. The first kappa shape index (κ1) is 21.0. The van der Waals surface area contributed by atoms with Gasteiger partial charge in [0, 0.05) is 31.7 Å². The lowest BCUT2D eigenvalue weighted by molar-refractivity contribution is -0.139. The summed E-state index contributed by atoms with van der Waals surface area (Å²) in [5.41, 5.74) is 0.877. The number of halogens is 2. The Kier molecular flexibility index (Phi) is 7.74. The second-order valence-electron chi connectivity index (χ2n) is 6.85. The van der Waals surface area contributed by atoms with Crippen molar-refractivity contribution in [2.24, 2.45) is 0 Å². The first-order valence-electron chi connectivity index (χ1n) is 9.13. The Morgan fingerprint density at radius 1 is 1.08 bits per heavy atom. The SMILES string of the molecule is CNC(=O)[C@@H](c1ccc(Cl)cc1)N1CCC[C@H]1C(=O)N1CCCCC1.Cl. The van der Waals surface area contributed by atoms with E-state index in [1.54, 1.807) is 19.2 Å². The first-order valence-corrected chi connectivity index (χ1v) is 9.51. The zero-order chi connectivity index (χ0) is 17.8. The molecule has 5 nitrogen and oxygen atoms in total. The molecule has 1 N–H and O–H groups in total. The van der Waals surface area contributed by atoms with E-state index in [1.807, 2.05) is 17.0 Å². The van der Waals surface area contributed by atoms with Crippen molar-refractivity contribution in [2.45, 2.75) is 44.2 Å². The molecule has 2 saturated heterocycles. The highest BCUT2D eigenvalue weighted by Gasteiger charge is 2.40. The number of nitrogens with one attached hydrogen (secondary N) is 1. The largest absolute Gasteiger partial charge is 0.358 e. The molecule has 2 amide bonds. The number of hydrogen-bond acceptors (Lipinski definition) is 3. The monoisotopic (exact) mass is 399 g/mol. The van der Waals surface area contributed by atoms with Crippen molar-refractivity contribution < 1.29 is 9.59 Å². The summed E-state index contributed by atoms with van der Waals surface area (Å²) in [6, 6.07) is 6.68. The number of amides is 2. The molecule has 0 radical (unpaired) electrons. The van der Waals surface area contributed by atoms with Gasteiger partial charge < -0.3 is 10.2 Å². The standard InChI is InChI=1S/C19H26ClN3O2.ClH/c1-21-18(24)17(14-7-9-15(20)10-8-14)23-13-5-6-16(23)19(25)22-11-3-2-4-12-22;/h7-10,16-17H,2-6,11-13H2,1H3,(H,21,24);1H/t16-,17+;/m0./s1. The summed E-state index contributed by atoms with van der Waals surface area (Å²) < 4.78 is 0. The molecule has 2 aliphatic heterocycles. The molecule has 0 unspecified atom stereocenters. The third-order valence-electron chi connectivity index (χ3n) is 5.26. The van der Waals surface area contributed by atoms with Gasteiger partial charge in [-0.2, -0.15) is 0 Å². The topological polar surface area (TPSA) is 52.7 Å². The van der Waals surface area contributed by atoms with Crippen LogP contribution >= 0.6 is 24.0 Å². The van der Waals surface area contributed by atoms with E-state index >= 15 is 0 Å². The zero-order valence-corrected chi connectivity index (χ0v) is 16.7. The van der Waals surface area contributed by atoms with Crippen molar-refractivity contribution in [3.8, 4) is 0 Å². The number of likely N-dealkylation sites (N-methyl/N-ethyl adjacent to an activating group) is 1. The third-order valence-corrected chi connectivity index (χ3v) is 5.51. The highest BCUT2D eigenvalue weighted by molar-refractivity contribution is 6.30. The maximum absolute atomic E-state index is 13.0. The summed E-state index contributed by atoms with van der Waals surface area (Å²) in [6.45, 7) is 2.44. The van der Waals surface area contributed by atoms with Crippen LogP contribution in [-0.4, -0.2) is 54.3 Å². The van der Waals surface area contributed by atoms with Gasteiger partial charge in [0.05, 0.1) is 6.04 Å². The summed E-state index contributed by atoms with van der Waals surface area (Å²) in [7, 11) is 1.64. The molecule has 2 atom stereocenters. The molecule has 0 bridgehead atoms. The van der Waals surface area contributed by atoms with Gasteiger partial charge in [-0.05, 0) is 49.8 Å². The Bertz CT molecular complexity index is 618. The van der Waals surface area contributed by atoms with Crippen molar-refractivity contribution in [3.63, 3.8) is 0 Å². The van der Waals surface area contributed by atoms with E-state index < -0.39 is 6.04 Å². The van der Waals surface area contributed by atoms with E-state index in [0.29, 0.717) is 5.02 Å². The quantitative estimate of drug-likeness (QED) is 0.846. The molecule has 0 saturated carbocycles. The first-order chi connectivity index (χ1) is 12.1. The summed E-state index contributed by atoms with van der Waals surface area (Å²) in [4.78, 5) is 29.7. The van der Waals surface area contributed by atoms with E-state index in [2.05, 4.69) is 10.2 Å². The molecule has 3 rings (SSSR count). The molecule has 7 heteroatoms. The predicted molar refractivity (Wildman–Crippen MR) is 106 cm³/mol. The Hall–Kier alpha value is -1.30. The van der Waals surface area contributed by atoms with Gasteiger partial charge in [0.2, 0.25) is 11.8 Å². The summed E-state index contributed by atoms with van der Waals surface area (Å²) in [5.74, 6) is 0.0979. The van der Waals surface area contributed by atoms with Crippen molar-refractivity contribution in [1.82, 2.24) is 15.1 Å². The number of benzene rings is 1.